The van der Waals surface area contributed by atoms with Gasteiger partial charge in [-0.3, -0.25) is 4.79 Å². The van der Waals surface area contributed by atoms with Gasteiger partial charge in [-0.1, -0.05) is 0 Å². The van der Waals surface area contributed by atoms with Crippen molar-refractivity contribution < 1.29 is 19.4 Å². The summed E-state index contributed by atoms with van der Waals surface area (Å²) in [6, 6.07) is -0.170. The molecule has 1 heterocycles. The van der Waals surface area contributed by atoms with Crippen molar-refractivity contribution in [2.75, 3.05) is 26.2 Å². The lowest BCUT2D eigenvalue weighted by atomic mass is 10.1. The number of hydrogen-bond donors (Lipinski definition) is 2. The van der Waals surface area contributed by atoms with Crippen LogP contribution in [0.4, 0.5) is 4.79 Å². The van der Waals surface area contributed by atoms with E-state index in [-0.39, 0.29) is 18.7 Å². The molecule has 0 aromatic heterocycles. The summed E-state index contributed by atoms with van der Waals surface area (Å²) in [7, 11) is 0. The van der Waals surface area contributed by atoms with Crippen LogP contribution in [0.2, 0.25) is 0 Å². The van der Waals surface area contributed by atoms with Gasteiger partial charge in [0.05, 0.1) is 11.5 Å². The van der Waals surface area contributed by atoms with Gasteiger partial charge in [0.2, 0.25) is 0 Å². The standard InChI is InChI=1S/C13H22N2O4/c1-2-19-10-4-3-7-15(8-10)12(18)14-9-13(5-6-13)11(16)17/h10H,2-9H2,1H3,(H,14,18)(H,16,17). The van der Waals surface area contributed by atoms with E-state index in [1.54, 1.807) is 4.90 Å². The molecule has 6 nitrogen and oxygen atoms in total. The Morgan fingerprint density at radius 1 is 1.47 bits per heavy atom. The highest BCUT2D eigenvalue weighted by Gasteiger charge is 2.50. The average molecular weight is 270 g/mol. The number of carboxylic acids is 1. The van der Waals surface area contributed by atoms with E-state index < -0.39 is 11.4 Å². The Morgan fingerprint density at radius 3 is 2.79 bits per heavy atom. The number of aliphatic carboxylic acids is 1. The fraction of sp³-hybridized carbons (Fsp3) is 0.846. The smallest absolute Gasteiger partial charge is 0.317 e. The Morgan fingerprint density at radius 2 is 2.21 bits per heavy atom. The number of urea groups is 1. The van der Waals surface area contributed by atoms with E-state index in [1.165, 1.54) is 0 Å². The summed E-state index contributed by atoms with van der Waals surface area (Å²) in [5, 5.41) is 11.8. The lowest BCUT2D eigenvalue weighted by Crippen LogP contribution is -2.49. The van der Waals surface area contributed by atoms with Crippen molar-refractivity contribution >= 4 is 12.0 Å². The average Bonchev–Trinajstić information content (AvgIpc) is 3.18. The van der Waals surface area contributed by atoms with E-state index in [4.69, 9.17) is 9.84 Å². The van der Waals surface area contributed by atoms with Gasteiger partial charge in [-0.05, 0) is 32.6 Å². The minimum Gasteiger partial charge on any atom is -0.481 e. The Hall–Kier alpha value is -1.30. The van der Waals surface area contributed by atoms with Crippen molar-refractivity contribution in [1.29, 1.82) is 0 Å². The highest BCUT2D eigenvalue weighted by molar-refractivity contribution is 5.80. The summed E-state index contributed by atoms with van der Waals surface area (Å²) in [5.41, 5.74) is -0.704. The molecule has 1 aliphatic heterocycles. The highest BCUT2D eigenvalue weighted by Crippen LogP contribution is 2.45. The first-order valence-electron chi connectivity index (χ1n) is 6.95. The Labute approximate surface area is 113 Å². The lowest BCUT2D eigenvalue weighted by molar-refractivity contribution is -0.143. The van der Waals surface area contributed by atoms with Crippen LogP contribution in [0.3, 0.4) is 0 Å². The number of amides is 2. The molecular weight excluding hydrogens is 248 g/mol. The first-order valence-corrected chi connectivity index (χ1v) is 6.95. The Balaban J connectivity index is 1.78. The quantitative estimate of drug-likeness (QED) is 0.783. The van der Waals surface area contributed by atoms with Crippen molar-refractivity contribution in [3.63, 3.8) is 0 Å². The maximum Gasteiger partial charge on any atom is 0.317 e. The zero-order chi connectivity index (χ0) is 13.9. The third-order valence-corrected chi connectivity index (χ3v) is 3.95. The zero-order valence-electron chi connectivity index (χ0n) is 11.4. The molecule has 2 N–H and O–H groups in total. The van der Waals surface area contributed by atoms with E-state index in [2.05, 4.69) is 5.32 Å². The molecule has 0 bridgehead atoms. The van der Waals surface area contributed by atoms with Gasteiger partial charge < -0.3 is 20.1 Å². The molecule has 0 spiro atoms. The van der Waals surface area contributed by atoms with Crippen molar-refractivity contribution in [3.05, 3.63) is 0 Å². The first kappa shape index (κ1) is 14.1. The summed E-state index contributed by atoms with van der Waals surface area (Å²) in [6.07, 6.45) is 3.34. The number of hydrogen-bond acceptors (Lipinski definition) is 3. The highest BCUT2D eigenvalue weighted by atomic mass is 16.5. The molecule has 1 saturated carbocycles. The van der Waals surface area contributed by atoms with Crippen LogP contribution in [0, 0.1) is 5.41 Å². The van der Waals surface area contributed by atoms with E-state index in [9.17, 15) is 9.59 Å². The van der Waals surface area contributed by atoms with Gasteiger partial charge in [0, 0.05) is 26.2 Å². The number of carbonyl (C=O) groups excluding carboxylic acids is 1. The predicted molar refractivity (Wildman–Crippen MR) is 68.9 cm³/mol. The largest absolute Gasteiger partial charge is 0.481 e. The van der Waals surface area contributed by atoms with Crippen molar-refractivity contribution in [1.82, 2.24) is 10.2 Å². The fourth-order valence-corrected chi connectivity index (χ4v) is 2.47. The summed E-state index contributed by atoms with van der Waals surface area (Å²) < 4.78 is 5.54. The van der Waals surface area contributed by atoms with E-state index in [0.29, 0.717) is 26.0 Å². The monoisotopic (exact) mass is 270 g/mol. The van der Waals surface area contributed by atoms with Gasteiger partial charge in [-0.15, -0.1) is 0 Å². The number of carbonyl (C=O) groups is 2. The summed E-state index contributed by atoms with van der Waals surface area (Å²) in [6.45, 7) is 4.15. The van der Waals surface area contributed by atoms with Crippen molar-refractivity contribution in [3.8, 4) is 0 Å². The van der Waals surface area contributed by atoms with Crippen LogP contribution in [0.5, 0.6) is 0 Å². The molecule has 2 rings (SSSR count). The van der Waals surface area contributed by atoms with E-state index in [0.717, 1.165) is 19.4 Å². The Bertz CT molecular complexity index is 353. The van der Waals surface area contributed by atoms with Crippen LogP contribution in [-0.4, -0.2) is 54.4 Å². The number of rotatable bonds is 5. The van der Waals surface area contributed by atoms with Crippen LogP contribution in [0.15, 0.2) is 0 Å². The number of nitrogens with one attached hydrogen (secondary N) is 1. The van der Waals surface area contributed by atoms with Crippen LogP contribution in [0.25, 0.3) is 0 Å². The van der Waals surface area contributed by atoms with Gasteiger partial charge >= 0.3 is 12.0 Å². The molecule has 6 heteroatoms. The van der Waals surface area contributed by atoms with E-state index >= 15 is 0 Å². The molecule has 2 fully saturated rings. The normalized spacial score (nSPS) is 24.9. The zero-order valence-corrected chi connectivity index (χ0v) is 11.4. The van der Waals surface area contributed by atoms with Crippen LogP contribution < -0.4 is 5.32 Å². The van der Waals surface area contributed by atoms with Crippen molar-refractivity contribution in [2.45, 2.75) is 38.7 Å². The molecule has 108 valence electrons. The topological polar surface area (TPSA) is 78.9 Å². The molecule has 1 aliphatic carbocycles. The second-order valence-corrected chi connectivity index (χ2v) is 5.41. The fourth-order valence-electron chi connectivity index (χ4n) is 2.47. The summed E-state index contributed by atoms with van der Waals surface area (Å²) in [4.78, 5) is 24.8. The third-order valence-electron chi connectivity index (χ3n) is 3.95. The number of nitrogens with zero attached hydrogens (tertiary/aromatic N) is 1. The minimum absolute atomic E-state index is 0.110. The second-order valence-electron chi connectivity index (χ2n) is 5.41. The van der Waals surface area contributed by atoms with Gasteiger partial charge in [0.25, 0.3) is 0 Å². The summed E-state index contributed by atoms with van der Waals surface area (Å²) >= 11 is 0. The molecule has 0 aromatic carbocycles. The van der Waals surface area contributed by atoms with Crippen LogP contribution in [0.1, 0.15) is 32.6 Å². The second kappa shape index (κ2) is 5.77. The molecular formula is C13H22N2O4. The van der Waals surface area contributed by atoms with Crippen molar-refractivity contribution in [2.24, 2.45) is 5.41 Å². The van der Waals surface area contributed by atoms with E-state index in [1.807, 2.05) is 6.92 Å². The molecule has 19 heavy (non-hydrogen) atoms. The van der Waals surface area contributed by atoms with Gasteiger partial charge in [-0.2, -0.15) is 0 Å². The molecule has 0 aromatic rings. The molecule has 1 saturated heterocycles. The first-order chi connectivity index (χ1) is 9.07. The SMILES string of the molecule is CCOC1CCCN(C(=O)NCC2(C(=O)O)CC2)C1. The Kier molecular flexibility index (Phi) is 4.29. The van der Waals surface area contributed by atoms with Gasteiger partial charge in [0.1, 0.15) is 0 Å². The maximum atomic E-state index is 12.0. The molecule has 0 radical (unpaired) electrons. The molecule has 1 unspecified atom stereocenters. The lowest BCUT2D eigenvalue weighted by Gasteiger charge is -2.32. The minimum atomic E-state index is -0.807. The maximum absolute atomic E-state index is 12.0. The van der Waals surface area contributed by atoms with Gasteiger partial charge in [0.15, 0.2) is 0 Å². The van der Waals surface area contributed by atoms with Crippen LogP contribution in [-0.2, 0) is 9.53 Å². The molecule has 1 atom stereocenters. The number of likely N-dealkylation sites (tertiary alicyclic amines) is 1. The van der Waals surface area contributed by atoms with Crippen LogP contribution >= 0.6 is 0 Å². The third kappa shape index (κ3) is 3.37. The predicted octanol–water partition coefficient (Wildman–Crippen LogP) is 1.06. The number of carboxylic acid groups (broad SMARTS) is 1. The van der Waals surface area contributed by atoms with Gasteiger partial charge in [-0.25, -0.2) is 4.79 Å². The number of piperidine rings is 1. The summed E-state index contributed by atoms with van der Waals surface area (Å²) in [5.74, 6) is -0.807. The number of ether oxygens (including phenoxy) is 1. The molecule has 2 aliphatic rings. The molecule has 2 amide bonds.